The van der Waals surface area contributed by atoms with Crippen LogP contribution in [0.3, 0.4) is 0 Å². The number of rotatable bonds is 4. The molecule has 5 heteroatoms. The van der Waals surface area contributed by atoms with E-state index in [9.17, 15) is 4.79 Å². The molecule has 0 bridgehead atoms. The first kappa shape index (κ1) is 14.3. The van der Waals surface area contributed by atoms with Gasteiger partial charge >= 0.3 is 0 Å². The summed E-state index contributed by atoms with van der Waals surface area (Å²) in [5, 5.41) is 4.76. The third-order valence-corrected chi connectivity index (χ3v) is 4.75. The second-order valence-corrected chi connectivity index (χ2v) is 6.45. The molecule has 1 aromatic carbocycles. The molecule has 0 saturated heterocycles. The zero-order chi connectivity index (χ0) is 15.9. The molecule has 0 unspecified atom stereocenters. The molecule has 1 aliphatic rings. The topological polar surface area (TPSA) is 57.8 Å². The van der Waals surface area contributed by atoms with Crippen molar-refractivity contribution < 1.29 is 4.79 Å². The molecule has 1 fully saturated rings. The van der Waals surface area contributed by atoms with E-state index in [2.05, 4.69) is 15.3 Å². The van der Waals surface area contributed by atoms with Crippen LogP contribution < -0.4 is 5.32 Å². The average molecular weight is 326 g/mol. The number of hydrogen-bond acceptors (Lipinski definition) is 2. The van der Waals surface area contributed by atoms with E-state index >= 15 is 0 Å². The minimum atomic E-state index is -0.425. The lowest BCUT2D eigenvalue weighted by atomic mass is 9.94. The number of aromatic amines is 1. The molecule has 1 saturated carbocycles. The van der Waals surface area contributed by atoms with Crippen LogP contribution in [-0.2, 0) is 16.8 Å². The van der Waals surface area contributed by atoms with Crippen molar-refractivity contribution >= 4 is 28.4 Å². The number of aromatic nitrogens is 2. The van der Waals surface area contributed by atoms with Gasteiger partial charge < -0.3 is 10.3 Å². The standard InChI is InChI=1S/C18H16ClN3O/c19-13-3-4-16-14(8-13)15(11-21-16)18(5-6-18)17(23)22-10-12-2-1-7-20-9-12/h1-4,7-9,11,21H,5-6,10H2,(H,22,23). The van der Waals surface area contributed by atoms with Crippen LogP contribution in [0, 0.1) is 0 Å². The fourth-order valence-electron chi connectivity index (χ4n) is 3.09. The highest BCUT2D eigenvalue weighted by Gasteiger charge is 2.52. The molecule has 2 aromatic heterocycles. The molecule has 0 aliphatic heterocycles. The summed E-state index contributed by atoms with van der Waals surface area (Å²) in [7, 11) is 0. The van der Waals surface area contributed by atoms with Crippen molar-refractivity contribution in [2.24, 2.45) is 0 Å². The van der Waals surface area contributed by atoms with Crippen molar-refractivity contribution in [1.29, 1.82) is 0 Å². The van der Waals surface area contributed by atoms with Crippen molar-refractivity contribution in [2.75, 3.05) is 0 Å². The minimum Gasteiger partial charge on any atom is -0.361 e. The molecule has 1 amide bonds. The number of H-pyrrole nitrogens is 1. The maximum absolute atomic E-state index is 12.7. The Morgan fingerprint density at radius 3 is 2.96 bits per heavy atom. The zero-order valence-electron chi connectivity index (χ0n) is 12.5. The van der Waals surface area contributed by atoms with Crippen LogP contribution >= 0.6 is 11.6 Å². The van der Waals surface area contributed by atoms with E-state index in [4.69, 9.17) is 11.6 Å². The maximum Gasteiger partial charge on any atom is 0.231 e. The molecule has 0 radical (unpaired) electrons. The molecule has 2 heterocycles. The highest BCUT2D eigenvalue weighted by Crippen LogP contribution is 2.50. The van der Waals surface area contributed by atoms with E-state index in [-0.39, 0.29) is 5.91 Å². The number of halogens is 1. The van der Waals surface area contributed by atoms with Gasteiger partial charge in [0.1, 0.15) is 0 Å². The first-order chi connectivity index (χ1) is 11.2. The van der Waals surface area contributed by atoms with Crippen LogP contribution in [0.4, 0.5) is 0 Å². The molecular formula is C18H16ClN3O. The molecule has 4 rings (SSSR count). The van der Waals surface area contributed by atoms with Gasteiger partial charge in [-0.25, -0.2) is 0 Å². The largest absolute Gasteiger partial charge is 0.361 e. The Labute approximate surface area is 138 Å². The van der Waals surface area contributed by atoms with Gasteiger partial charge in [0, 0.05) is 41.1 Å². The normalized spacial score (nSPS) is 15.5. The molecule has 3 aromatic rings. The molecule has 0 spiro atoms. The predicted octanol–water partition coefficient (Wildman–Crippen LogP) is 3.56. The highest BCUT2D eigenvalue weighted by atomic mass is 35.5. The number of benzene rings is 1. The zero-order valence-corrected chi connectivity index (χ0v) is 13.2. The molecular weight excluding hydrogens is 310 g/mol. The summed E-state index contributed by atoms with van der Waals surface area (Å²) >= 11 is 6.12. The maximum atomic E-state index is 12.7. The second kappa shape index (κ2) is 5.39. The van der Waals surface area contributed by atoms with E-state index in [0.717, 1.165) is 34.9 Å². The fraction of sp³-hybridized carbons (Fsp3) is 0.222. The first-order valence-electron chi connectivity index (χ1n) is 7.63. The van der Waals surface area contributed by atoms with E-state index in [1.807, 2.05) is 36.5 Å². The summed E-state index contributed by atoms with van der Waals surface area (Å²) in [6.45, 7) is 0.498. The quantitative estimate of drug-likeness (QED) is 0.770. The Hall–Kier alpha value is -2.33. The van der Waals surface area contributed by atoms with Gasteiger partial charge in [-0.2, -0.15) is 0 Å². The molecule has 2 N–H and O–H groups in total. The van der Waals surface area contributed by atoms with Crippen LogP contribution in [0.5, 0.6) is 0 Å². The van der Waals surface area contributed by atoms with Crippen LogP contribution in [0.1, 0.15) is 24.0 Å². The summed E-state index contributed by atoms with van der Waals surface area (Å²) in [5.41, 5.74) is 2.62. The Morgan fingerprint density at radius 1 is 1.35 bits per heavy atom. The van der Waals surface area contributed by atoms with Gasteiger partial charge in [0.2, 0.25) is 5.91 Å². The number of pyridine rings is 1. The first-order valence-corrected chi connectivity index (χ1v) is 8.01. The van der Waals surface area contributed by atoms with E-state index in [1.54, 1.807) is 12.4 Å². The second-order valence-electron chi connectivity index (χ2n) is 6.02. The van der Waals surface area contributed by atoms with Crippen molar-refractivity contribution in [3.8, 4) is 0 Å². The number of carbonyl (C=O) groups is 1. The Kier molecular flexibility index (Phi) is 3.34. The van der Waals surface area contributed by atoms with Gasteiger partial charge in [0.15, 0.2) is 0 Å². The van der Waals surface area contributed by atoms with Crippen molar-refractivity contribution in [3.05, 3.63) is 65.1 Å². The number of nitrogens with zero attached hydrogens (tertiary/aromatic N) is 1. The molecule has 0 atom stereocenters. The molecule has 4 nitrogen and oxygen atoms in total. The van der Waals surface area contributed by atoms with Crippen molar-refractivity contribution in [3.63, 3.8) is 0 Å². The summed E-state index contributed by atoms with van der Waals surface area (Å²) < 4.78 is 0. The third kappa shape index (κ3) is 2.49. The van der Waals surface area contributed by atoms with Gasteiger partial charge in [0.05, 0.1) is 5.41 Å². The lowest BCUT2D eigenvalue weighted by Crippen LogP contribution is -2.34. The number of amides is 1. The fourth-order valence-corrected chi connectivity index (χ4v) is 3.26. The van der Waals surface area contributed by atoms with Crippen LogP contribution in [0.25, 0.3) is 10.9 Å². The predicted molar refractivity (Wildman–Crippen MR) is 90.3 cm³/mol. The molecule has 1 aliphatic carbocycles. The minimum absolute atomic E-state index is 0.0715. The number of hydrogen-bond donors (Lipinski definition) is 2. The monoisotopic (exact) mass is 325 g/mol. The van der Waals surface area contributed by atoms with Gasteiger partial charge in [-0.3, -0.25) is 9.78 Å². The van der Waals surface area contributed by atoms with E-state index in [1.165, 1.54) is 0 Å². The van der Waals surface area contributed by atoms with Crippen molar-refractivity contribution in [1.82, 2.24) is 15.3 Å². The van der Waals surface area contributed by atoms with E-state index in [0.29, 0.717) is 11.6 Å². The summed E-state index contributed by atoms with van der Waals surface area (Å²) in [4.78, 5) is 20.1. The van der Waals surface area contributed by atoms with Crippen molar-refractivity contribution in [2.45, 2.75) is 24.8 Å². The van der Waals surface area contributed by atoms with Gasteiger partial charge in [-0.1, -0.05) is 17.7 Å². The molecule has 116 valence electrons. The SMILES string of the molecule is O=C(NCc1cccnc1)C1(c2c[nH]c3ccc(Cl)cc23)CC1. The highest BCUT2D eigenvalue weighted by molar-refractivity contribution is 6.31. The van der Waals surface area contributed by atoms with Gasteiger partial charge in [0.25, 0.3) is 0 Å². The molecule has 23 heavy (non-hydrogen) atoms. The lowest BCUT2D eigenvalue weighted by Gasteiger charge is -2.15. The number of carbonyl (C=O) groups excluding carboxylic acids is 1. The number of nitrogens with one attached hydrogen (secondary N) is 2. The summed E-state index contributed by atoms with van der Waals surface area (Å²) in [6.07, 6.45) is 7.17. The Morgan fingerprint density at radius 2 is 2.22 bits per heavy atom. The van der Waals surface area contributed by atoms with Crippen LogP contribution in [-0.4, -0.2) is 15.9 Å². The Balaban J connectivity index is 1.59. The van der Waals surface area contributed by atoms with Crippen LogP contribution in [0.2, 0.25) is 5.02 Å². The lowest BCUT2D eigenvalue weighted by molar-refractivity contribution is -0.123. The van der Waals surface area contributed by atoms with Gasteiger partial charge in [-0.15, -0.1) is 0 Å². The smallest absolute Gasteiger partial charge is 0.231 e. The summed E-state index contributed by atoms with van der Waals surface area (Å²) in [5.74, 6) is 0.0715. The van der Waals surface area contributed by atoms with Crippen LogP contribution in [0.15, 0.2) is 48.9 Å². The summed E-state index contributed by atoms with van der Waals surface area (Å²) in [6, 6.07) is 9.56. The van der Waals surface area contributed by atoms with E-state index < -0.39 is 5.41 Å². The Bertz CT molecular complexity index is 868. The average Bonchev–Trinajstić information content (AvgIpc) is 3.28. The van der Waals surface area contributed by atoms with Gasteiger partial charge in [-0.05, 0) is 48.2 Å². The number of fused-ring (bicyclic) bond motifs is 1. The third-order valence-electron chi connectivity index (χ3n) is 4.52.